The van der Waals surface area contributed by atoms with Crippen LogP contribution in [0.5, 0.6) is 0 Å². The molecule has 0 aliphatic heterocycles. The van der Waals surface area contributed by atoms with E-state index in [-0.39, 0.29) is 18.0 Å². The molecule has 0 spiro atoms. The summed E-state index contributed by atoms with van der Waals surface area (Å²) in [6.07, 6.45) is 4.26. The van der Waals surface area contributed by atoms with Gasteiger partial charge in [-0.3, -0.25) is 4.68 Å². The van der Waals surface area contributed by atoms with Crippen LogP contribution in [0.25, 0.3) is 0 Å². The Kier molecular flexibility index (Phi) is 7.87. The predicted octanol–water partition coefficient (Wildman–Crippen LogP) is 0.606. The topological polar surface area (TPSA) is 93.5 Å². The molecule has 0 aliphatic rings. The Morgan fingerprint density at radius 3 is 2.86 bits per heavy atom. The van der Waals surface area contributed by atoms with Crippen molar-refractivity contribution >= 4 is 10.0 Å². The van der Waals surface area contributed by atoms with Crippen molar-refractivity contribution in [2.45, 2.75) is 38.1 Å². The smallest absolute Gasteiger partial charge is 0.243 e. The number of nitrogens with zero attached hydrogens (tertiary/aromatic N) is 2. The Hall–Kier alpha value is -0.960. The third-order valence-electron chi connectivity index (χ3n) is 2.84. The summed E-state index contributed by atoms with van der Waals surface area (Å²) in [5, 5.41) is 12.7. The Labute approximate surface area is 126 Å². The standard InChI is InChI=1S/C13H25N3O4S/c1-12(2)4-8-20-9-5-15-21(18,19)13-10-14-16(11-13)6-3-7-17/h10-12,15,17H,3-9H2,1-2H3. The first-order valence-corrected chi connectivity index (χ1v) is 8.64. The second-order valence-electron chi connectivity index (χ2n) is 5.21. The molecule has 0 unspecified atom stereocenters. The molecule has 1 heterocycles. The summed E-state index contributed by atoms with van der Waals surface area (Å²) in [5.74, 6) is 0.575. The van der Waals surface area contributed by atoms with Crippen LogP contribution in [-0.2, 0) is 21.3 Å². The van der Waals surface area contributed by atoms with E-state index in [0.29, 0.717) is 32.1 Å². The maximum atomic E-state index is 12.0. The molecule has 0 atom stereocenters. The SMILES string of the molecule is CC(C)CCOCCNS(=O)(=O)c1cnn(CCCO)c1. The van der Waals surface area contributed by atoms with E-state index in [9.17, 15) is 8.42 Å². The number of rotatable bonds is 11. The fourth-order valence-electron chi connectivity index (χ4n) is 1.59. The molecular weight excluding hydrogens is 294 g/mol. The van der Waals surface area contributed by atoms with Crippen molar-refractivity contribution in [1.29, 1.82) is 0 Å². The average Bonchev–Trinajstić information content (AvgIpc) is 2.89. The molecule has 0 radical (unpaired) electrons. The van der Waals surface area contributed by atoms with Gasteiger partial charge in [-0.05, 0) is 18.8 Å². The van der Waals surface area contributed by atoms with Gasteiger partial charge in [-0.25, -0.2) is 13.1 Å². The summed E-state index contributed by atoms with van der Waals surface area (Å²) >= 11 is 0. The second kappa shape index (κ2) is 9.14. The van der Waals surface area contributed by atoms with E-state index in [1.807, 2.05) is 0 Å². The van der Waals surface area contributed by atoms with Crippen LogP contribution in [0.4, 0.5) is 0 Å². The fourth-order valence-corrected chi connectivity index (χ4v) is 2.56. The summed E-state index contributed by atoms with van der Waals surface area (Å²) in [5.41, 5.74) is 0. The maximum Gasteiger partial charge on any atom is 0.243 e. The molecule has 7 nitrogen and oxygen atoms in total. The predicted molar refractivity (Wildman–Crippen MR) is 79.4 cm³/mol. The van der Waals surface area contributed by atoms with Crippen molar-refractivity contribution in [2.75, 3.05) is 26.4 Å². The van der Waals surface area contributed by atoms with Crippen molar-refractivity contribution in [2.24, 2.45) is 5.92 Å². The number of hydrogen-bond donors (Lipinski definition) is 2. The molecule has 0 aliphatic carbocycles. The molecule has 0 saturated heterocycles. The first kappa shape index (κ1) is 18.1. The van der Waals surface area contributed by atoms with Crippen molar-refractivity contribution in [3.05, 3.63) is 12.4 Å². The van der Waals surface area contributed by atoms with Gasteiger partial charge in [-0.2, -0.15) is 5.10 Å². The number of hydrogen-bond acceptors (Lipinski definition) is 5. The molecule has 122 valence electrons. The lowest BCUT2D eigenvalue weighted by Gasteiger charge is -2.07. The lowest BCUT2D eigenvalue weighted by atomic mass is 10.1. The first-order valence-electron chi connectivity index (χ1n) is 7.16. The lowest BCUT2D eigenvalue weighted by Crippen LogP contribution is -2.27. The molecule has 1 aromatic heterocycles. The molecule has 0 bridgehead atoms. The van der Waals surface area contributed by atoms with Crippen LogP contribution in [-0.4, -0.2) is 49.7 Å². The van der Waals surface area contributed by atoms with Crippen LogP contribution in [0.1, 0.15) is 26.7 Å². The van der Waals surface area contributed by atoms with E-state index in [2.05, 4.69) is 23.7 Å². The minimum absolute atomic E-state index is 0.0495. The van der Waals surface area contributed by atoms with E-state index < -0.39 is 10.0 Å². The molecule has 1 rings (SSSR count). The molecule has 0 aromatic carbocycles. The van der Waals surface area contributed by atoms with Gasteiger partial charge in [-0.1, -0.05) is 13.8 Å². The highest BCUT2D eigenvalue weighted by atomic mass is 32.2. The van der Waals surface area contributed by atoms with Gasteiger partial charge in [0.2, 0.25) is 10.0 Å². The van der Waals surface area contributed by atoms with Gasteiger partial charge in [0.25, 0.3) is 0 Å². The van der Waals surface area contributed by atoms with Gasteiger partial charge < -0.3 is 9.84 Å². The molecule has 8 heteroatoms. The summed E-state index contributed by atoms with van der Waals surface area (Å²) < 4.78 is 33.3. The van der Waals surface area contributed by atoms with E-state index in [4.69, 9.17) is 9.84 Å². The Bertz CT molecular complexity index is 499. The quantitative estimate of drug-likeness (QED) is 0.583. The lowest BCUT2D eigenvalue weighted by molar-refractivity contribution is 0.128. The minimum Gasteiger partial charge on any atom is -0.396 e. The average molecular weight is 319 g/mol. The Morgan fingerprint density at radius 1 is 1.43 bits per heavy atom. The minimum atomic E-state index is -3.54. The highest BCUT2D eigenvalue weighted by Crippen LogP contribution is 2.07. The number of aliphatic hydroxyl groups is 1. The molecule has 0 saturated carbocycles. The third-order valence-corrected chi connectivity index (χ3v) is 4.26. The number of ether oxygens (including phenoxy) is 1. The number of aromatic nitrogens is 2. The molecular formula is C13H25N3O4S. The van der Waals surface area contributed by atoms with Gasteiger partial charge in [-0.15, -0.1) is 0 Å². The largest absolute Gasteiger partial charge is 0.396 e. The van der Waals surface area contributed by atoms with Crippen LogP contribution in [0.2, 0.25) is 0 Å². The fraction of sp³-hybridized carbons (Fsp3) is 0.769. The van der Waals surface area contributed by atoms with E-state index in [0.717, 1.165) is 6.42 Å². The molecule has 0 fully saturated rings. The second-order valence-corrected chi connectivity index (χ2v) is 6.98. The first-order chi connectivity index (χ1) is 9.95. The molecule has 21 heavy (non-hydrogen) atoms. The van der Waals surface area contributed by atoms with Gasteiger partial charge in [0, 0.05) is 32.5 Å². The van der Waals surface area contributed by atoms with Crippen molar-refractivity contribution < 1.29 is 18.3 Å². The van der Waals surface area contributed by atoms with E-state index in [1.54, 1.807) is 0 Å². The van der Waals surface area contributed by atoms with E-state index in [1.165, 1.54) is 17.1 Å². The highest BCUT2D eigenvalue weighted by molar-refractivity contribution is 7.89. The van der Waals surface area contributed by atoms with Crippen LogP contribution < -0.4 is 4.72 Å². The zero-order valence-electron chi connectivity index (χ0n) is 12.7. The normalized spacial score (nSPS) is 12.2. The van der Waals surface area contributed by atoms with Crippen molar-refractivity contribution in [3.63, 3.8) is 0 Å². The zero-order chi connectivity index (χ0) is 15.7. The van der Waals surface area contributed by atoms with E-state index >= 15 is 0 Å². The number of nitrogens with one attached hydrogen (secondary N) is 1. The number of aliphatic hydroxyl groups excluding tert-OH is 1. The van der Waals surface area contributed by atoms with Gasteiger partial charge >= 0.3 is 0 Å². The van der Waals surface area contributed by atoms with Crippen LogP contribution in [0.15, 0.2) is 17.3 Å². The molecule has 0 amide bonds. The van der Waals surface area contributed by atoms with Crippen molar-refractivity contribution in [1.82, 2.24) is 14.5 Å². The third kappa shape index (κ3) is 7.03. The Morgan fingerprint density at radius 2 is 2.19 bits per heavy atom. The highest BCUT2D eigenvalue weighted by Gasteiger charge is 2.15. The monoisotopic (exact) mass is 319 g/mol. The summed E-state index contributed by atoms with van der Waals surface area (Å²) in [4.78, 5) is 0.127. The van der Waals surface area contributed by atoms with Crippen LogP contribution in [0, 0.1) is 5.92 Å². The number of sulfonamides is 1. The summed E-state index contributed by atoms with van der Waals surface area (Å²) in [7, 11) is -3.54. The number of aryl methyl sites for hydroxylation is 1. The van der Waals surface area contributed by atoms with Crippen LogP contribution >= 0.6 is 0 Å². The van der Waals surface area contributed by atoms with Gasteiger partial charge in [0.05, 0.1) is 12.8 Å². The van der Waals surface area contributed by atoms with Crippen molar-refractivity contribution in [3.8, 4) is 0 Å². The van der Waals surface area contributed by atoms with Crippen LogP contribution in [0.3, 0.4) is 0 Å². The molecule has 1 aromatic rings. The zero-order valence-corrected chi connectivity index (χ0v) is 13.5. The molecule has 2 N–H and O–H groups in total. The summed E-state index contributed by atoms with van der Waals surface area (Å²) in [6.45, 7) is 5.99. The van der Waals surface area contributed by atoms with Gasteiger partial charge in [0.1, 0.15) is 4.90 Å². The maximum absolute atomic E-state index is 12.0. The summed E-state index contributed by atoms with van der Waals surface area (Å²) in [6, 6.07) is 0. The van der Waals surface area contributed by atoms with Gasteiger partial charge in [0.15, 0.2) is 0 Å². The Balaban J connectivity index is 2.34.